The van der Waals surface area contributed by atoms with Crippen LogP contribution in [0.1, 0.15) is 6.92 Å². The van der Waals surface area contributed by atoms with Crippen molar-refractivity contribution in [1.29, 1.82) is 0 Å². The molecule has 0 bridgehead atoms. The van der Waals surface area contributed by atoms with Crippen molar-refractivity contribution < 1.29 is 9.90 Å². The summed E-state index contributed by atoms with van der Waals surface area (Å²) >= 11 is 0. The molecule has 0 heterocycles. The maximum absolute atomic E-state index is 10.1. The third-order valence-electron chi connectivity index (χ3n) is 0.737. The minimum absolute atomic E-state index is 0.00440. The van der Waals surface area contributed by atoms with Crippen LogP contribution in [-0.4, -0.2) is 23.3 Å². The lowest BCUT2D eigenvalue weighted by atomic mass is 10.4. The Kier molecular flexibility index (Phi) is 3.73. The Labute approximate surface area is 58.9 Å². The number of aliphatic carboxylic acids is 1. The first-order chi connectivity index (χ1) is 4.68. The number of hydrogen-bond donors (Lipinski definition) is 2. The number of nitrogens with one attached hydrogen (secondary N) is 1. The Morgan fingerprint density at radius 2 is 2.50 bits per heavy atom. The molecule has 54 valence electrons. The highest BCUT2D eigenvalue weighted by molar-refractivity contribution is 6.34. The van der Waals surface area contributed by atoms with Crippen LogP contribution in [0.5, 0.6) is 0 Å². The van der Waals surface area contributed by atoms with Gasteiger partial charge in [0.25, 0.3) is 0 Å². The van der Waals surface area contributed by atoms with Gasteiger partial charge in [-0.3, -0.25) is 5.43 Å². The fourth-order valence-corrected chi connectivity index (χ4v) is 0.252. The lowest BCUT2D eigenvalue weighted by molar-refractivity contribution is -0.129. The molecule has 10 heavy (non-hydrogen) atoms. The van der Waals surface area contributed by atoms with E-state index in [0.29, 0.717) is 0 Å². The highest BCUT2D eigenvalue weighted by Gasteiger charge is 1.98. The van der Waals surface area contributed by atoms with Gasteiger partial charge >= 0.3 is 5.97 Å². The fraction of sp³-hybridized carbons (Fsp3) is 0.333. The predicted octanol–water partition coefficient (Wildman–Crippen LogP) is -0.330. The Hall–Kier alpha value is -1.50. The van der Waals surface area contributed by atoms with Crippen molar-refractivity contribution in [3.63, 3.8) is 0 Å². The predicted molar refractivity (Wildman–Crippen MR) is 37.6 cm³/mol. The van der Waals surface area contributed by atoms with Crippen molar-refractivity contribution in [2.45, 2.75) is 6.92 Å². The first-order valence-electron chi connectivity index (χ1n) is 2.62. The number of hydrazone groups is 1. The van der Waals surface area contributed by atoms with Gasteiger partial charge in [-0.1, -0.05) is 5.92 Å². The zero-order chi connectivity index (χ0) is 7.98. The molecule has 0 fully saturated rings. The van der Waals surface area contributed by atoms with Crippen molar-refractivity contribution in [1.82, 2.24) is 5.43 Å². The second kappa shape index (κ2) is 4.39. The van der Waals surface area contributed by atoms with Crippen molar-refractivity contribution in [2.24, 2.45) is 5.10 Å². The highest BCUT2D eigenvalue weighted by atomic mass is 16.4. The molecule has 0 atom stereocenters. The molecule has 0 rings (SSSR count). The largest absolute Gasteiger partial charge is 0.477 e. The van der Waals surface area contributed by atoms with Crippen LogP contribution >= 0.6 is 0 Å². The zero-order valence-electron chi connectivity index (χ0n) is 5.59. The summed E-state index contributed by atoms with van der Waals surface area (Å²) in [6, 6.07) is 0. The van der Waals surface area contributed by atoms with Crippen LogP contribution in [-0.2, 0) is 4.79 Å². The third kappa shape index (κ3) is 3.50. The number of carboxylic acid groups (broad SMARTS) is 1. The van der Waals surface area contributed by atoms with Gasteiger partial charge in [0.15, 0.2) is 0 Å². The lowest BCUT2D eigenvalue weighted by Gasteiger charge is -1.92. The van der Waals surface area contributed by atoms with Crippen LogP contribution in [0.4, 0.5) is 0 Å². The molecular formula is C6H8N2O2. The monoisotopic (exact) mass is 140 g/mol. The van der Waals surface area contributed by atoms with Gasteiger partial charge in [0.1, 0.15) is 5.71 Å². The number of rotatable bonds is 3. The van der Waals surface area contributed by atoms with E-state index in [4.69, 9.17) is 11.5 Å². The molecule has 4 heteroatoms. The molecule has 0 saturated carbocycles. The summed E-state index contributed by atoms with van der Waals surface area (Å²) in [5.41, 5.74) is 2.38. The van der Waals surface area contributed by atoms with Gasteiger partial charge in [-0.15, -0.1) is 6.42 Å². The highest BCUT2D eigenvalue weighted by Crippen LogP contribution is 1.72. The minimum atomic E-state index is -1.05. The van der Waals surface area contributed by atoms with Gasteiger partial charge in [-0.25, -0.2) is 4.79 Å². The first-order valence-corrected chi connectivity index (χ1v) is 2.62. The molecule has 4 nitrogen and oxygen atoms in total. The summed E-state index contributed by atoms with van der Waals surface area (Å²) < 4.78 is 0. The van der Waals surface area contributed by atoms with E-state index in [2.05, 4.69) is 16.4 Å². The summed E-state index contributed by atoms with van der Waals surface area (Å²) in [4.78, 5) is 10.1. The average Bonchev–Trinajstić information content (AvgIpc) is 1.88. The molecule has 0 aliphatic heterocycles. The summed E-state index contributed by atoms with van der Waals surface area (Å²) in [5.74, 6) is 1.20. The Morgan fingerprint density at radius 1 is 1.90 bits per heavy atom. The van der Waals surface area contributed by atoms with E-state index in [0.717, 1.165) is 0 Å². The second-order valence-electron chi connectivity index (χ2n) is 1.54. The van der Waals surface area contributed by atoms with Gasteiger partial charge in [0, 0.05) is 0 Å². The summed E-state index contributed by atoms with van der Waals surface area (Å²) in [5, 5.41) is 11.7. The van der Waals surface area contributed by atoms with Crippen molar-refractivity contribution in [3.05, 3.63) is 0 Å². The number of carbonyl (C=O) groups is 1. The molecule has 0 spiro atoms. The van der Waals surface area contributed by atoms with E-state index >= 15 is 0 Å². The van der Waals surface area contributed by atoms with Gasteiger partial charge in [0.2, 0.25) is 0 Å². The summed E-state index contributed by atoms with van der Waals surface area (Å²) in [6.07, 6.45) is 4.86. The fourth-order valence-electron chi connectivity index (χ4n) is 0.252. The molecule has 2 N–H and O–H groups in total. The van der Waals surface area contributed by atoms with Crippen LogP contribution in [0.3, 0.4) is 0 Å². The third-order valence-corrected chi connectivity index (χ3v) is 0.737. The van der Waals surface area contributed by atoms with Crippen LogP contribution in [0.2, 0.25) is 0 Å². The van der Waals surface area contributed by atoms with Gasteiger partial charge in [-0.05, 0) is 6.92 Å². The Bertz CT molecular complexity index is 190. The molecule has 0 saturated heterocycles. The van der Waals surface area contributed by atoms with Crippen LogP contribution in [0.15, 0.2) is 5.10 Å². The lowest BCUT2D eigenvalue weighted by Crippen LogP contribution is -2.15. The molecule has 0 aliphatic carbocycles. The van der Waals surface area contributed by atoms with E-state index in [1.54, 1.807) is 0 Å². The molecule has 0 radical (unpaired) electrons. The normalized spacial score (nSPS) is 10.2. The van der Waals surface area contributed by atoms with Gasteiger partial charge in [0.05, 0.1) is 6.54 Å². The van der Waals surface area contributed by atoms with E-state index in [9.17, 15) is 4.79 Å². The molecular weight excluding hydrogens is 132 g/mol. The molecule has 0 aliphatic rings. The summed E-state index contributed by atoms with van der Waals surface area (Å²) in [7, 11) is 0. The standard InChI is InChI=1S/C6H8N2O2/c1-3-4-7-8-5(2)6(9)10/h1,7H,4H2,2H3,(H,9,10)/b8-5-. The Balaban J connectivity index is 3.72. The van der Waals surface area contributed by atoms with Crippen LogP contribution < -0.4 is 5.43 Å². The molecule has 0 aromatic carbocycles. The van der Waals surface area contributed by atoms with E-state index in [1.165, 1.54) is 6.92 Å². The van der Waals surface area contributed by atoms with Crippen molar-refractivity contribution in [2.75, 3.05) is 6.54 Å². The topological polar surface area (TPSA) is 61.7 Å². The summed E-state index contributed by atoms with van der Waals surface area (Å²) in [6.45, 7) is 1.62. The molecule has 0 aromatic heterocycles. The van der Waals surface area contributed by atoms with Crippen LogP contribution in [0, 0.1) is 12.3 Å². The number of hydrogen-bond acceptors (Lipinski definition) is 3. The second-order valence-corrected chi connectivity index (χ2v) is 1.54. The Morgan fingerprint density at radius 3 is 2.90 bits per heavy atom. The average molecular weight is 140 g/mol. The zero-order valence-corrected chi connectivity index (χ0v) is 5.59. The van der Waals surface area contributed by atoms with Crippen LogP contribution in [0.25, 0.3) is 0 Å². The van der Waals surface area contributed by atoms with E-state index in [-0.39, 0.29) is 12.3 Å². The minimum Gasteiger partial charge on any atom is -0.477 e. The maximum Gasteiger partial charge on any atom is 0.351 e. The van der Waals surface area contributed by atoms with Gasteiger partial charge in [-0.2, -0.15) is 5.10 Å². The number of terminal acetylenes is 1. The number of carboxylic acids is 1. The quantitative estimate of drug-likeness (QED) is 0.244. The maximum atomic E-state index is 10.1. The van der Waals surface area contributed by atoms with Gasteiger partial charge < -0.3 is 5.11 Å². The molecule has 0 unspecified atom stereocenters. The first kappa shape index (κ1) is 8.50. The molecule has 0 amide bonds. The SMILES string of the molecule is C#CCN/N=C(/C)C(=O)O. The van der Waals surface area contributed by atoms with Crippen molar-refractivity contribution in [3.8, 4) is 12.3 Å². The van der Waals surface area contributed by atoms with Crippen molar-refractivity contribution >= 4 is 11.7 Å². The molecule has 0 aromatic rings. The smallest absolute Gasteiger partial charge is 0.351 e. The van der Waals surface area contributed by atoms with E-state index < -0.39 is 5.97 Å². The number of nitrogens with zero attached hydrogens (tertiary/aromatic N) is 1. The van der Waals surface area contributed by atoms with E-state index in [1.807, 2.05) is 0 Å².